The van der Waals surface area contributed by atoms with Crippen LogP contribution in [0.25, 0.3) is 6.08 Å². The van der Waals surface area contributed by atoms with Gasteiger partial charge in [-0.1, -0.05) is 49.1 Å². The third-order valence-electron chi connectivity index (χ3n) is 3.07. The highest BCUT2D eigenvalue weighted by molar-refractivity contribution is 7.85. The lowest BCUT2D eigenvalue weighted by Crippen LogP contribution is -2.11. The summed E-state index contributed by atoms with van der Waals surface area (Å²) in [7, 11) is -4.52. The zero-order valence-corrected chi connectivity index (χ0v) is 12.5. The van der Waals surface area contributed by atoms with E-state index in [9.17, 15) is 13.5 Å². The molecular formula is C16H16O5S. The molecule has 0 bridgehead atoms. The summed E-state index contributed by atoms with van der Waals surface area (Å²) in [5, 5.41) is 9.42. The van der Waals surface area contributed by atoms with Crippen molar-refractivity contribution in [2.45, 2.75) is 12.0 Å². The zero-order chi connectivity index (χ0) is 16.2. The normalized spacial score (nSPS) is 12.6. The Bertz CT molecular complexity index is 733. The highest BCUT2D eigenvalue weighted by Crippen LogP contribution is 2.22. The van der Waals surface area contributed by atoms with E-state index in [0.29, 0.717) is 12.4 Å². The molecule has 0 radical (unpaired) electrons. The standard InChI is InChI=1S/C16H16O5S/c1-2-12-3-5-13(6-4-12)11-21-15-9-7-14(8-10-15)16(17)22(18,19)20/h2-10,16-17H,1,11H2,(H,18,19,20). The van der Waals surface area contributed by atoms with Gasteiger partial charge in [0.1, 0.15) is 12.4 Å². The van der Waals surface area contributed by atoms with Crippen LogP contribution in [-0.4, -0.2) is 18.1 Å². The summed E-state index contributed by atoms with van der Waals surface area (Å²) in [4.78, 5) is 0. The van der Waals surface area contributed by atoms with E-state index in [4.69, 9.17) is 9.29 Å². The van der Waals surface area contributed by atoms with Gasteiger partial charge in [-0.15, -0.1) is 0 Å². The molecule has 0 spiro atoms. The maximum atomic E-state index is 10.8. The molecule has 0 aliphatic carbocycles. The fourth-order valence-electron chi connectivity index (χ4n) is 1.82. The Labute approximate surface area is 129 Å². The summed E-state index contributed by atoms with van der Waals surface area (Å²) < 4.78 is 36.0. The Hall–Kier alpha value is -2.15. The molecule has 22 heavy (non-hydrogen) atoms. The number of hydrogen-bond acceptors (Lipinski definition) is 4. The van der Waals surface area contributed by atoms with Gasteiger partial charge >= 0.3 is 0 Å². The topological polar surface area (TPSA) is 83.8 Å². The third kappa shape index (κ3) is 4.17. The summed E-state index contributed by atoms with van der Waals surface area (Å²) >= 11 is 0. The average molecular weight is 320 g/mol. The van der Waals surface area contributed by atoms with E-state index in [2.05, 4.69) is 6.58 Å². The lowest BCUT2D eigenvalue weighted by atomic mass is 10.1. The van der Waals surface area contributed by atoms with E-state index in [1.54, 1.807) is 6.08 Å². The molecule has 1 atom stereocenters. The van der Waals surface area contributed by atoms with Crippen LogP contribution in [0.4, 0.5) is 0 Å². The maximum absolute atomic E-state index is 10.8. The first-order chi connectivity index (χ1) is 10.4. The summed E-state index contributed by atoms with van der Waals surface area (Å²) in [6.07, 6.45) is 1.75. The molecule has 0 saturated carbocycles. The minimum Gasteiger partial charge on any atom is -0.489 e. The van der Waals surface area contributed by atoms with Crippen LogP contribution < -0.4 is 4.74 Å². The molecule has 116 valence electrons. The smallest absolute Gasteiger partial charge is 0.296 e. The van der Waals surface area contributed by atoms with Crippen molar-refractivity contribution in [2.24, 2.45) is 0 Å². The second-order valence-corrected chi connectivity index (χ2v) is 6.15. The van der Waals surface area contributed by atoms with Crippen molar-refractivity contribution in [1.29, 1.82) is 0 Å². The molecule has 1 unspecified atom stereocenters. The van der Waals surface area contributed by atoms with E-state index in [-0.39, 0.29) is 5.56 Å². The first-order valence-electron chi connectivity index (χ1n) is 6.48. The predicted octanol–water partition coefficient (Wildman–Crippen LogP) is 2.79. The van der Waals surface area contributed by atoms with Gasteiger partial charge in [-0.05, 0) is 28.8 Å². The van der Waals surface area contributed by atoms with E-state index >= 15 is 0 Å². The molecule has 0 amide bonds. The molecule has 0 aliphatic heterocycles. The van der Waals surface area contributed by atoms with Crippen LogP contribution in [0.1, 0.15) is 22.1 Å². The molecule has 0 saturated heterocycles. The number of benzene rings is 2. The van der Waals surface area contributed by atoms with E-state index < -0.39 is 15.6 Å². The number of hydrogen-bond donors (Lipinski definition) is 2. The van der Waals surface area contributed by atoms with Gasteiger partial charge in [0.25, 0.3) is 10.1 Å². The summed E-state index contributed by atoms with van der Waals surface area (Å²) in [5.41, 5.74) is 0.123. The molecule has 6 heteroatoms. The monoisotopic (exact) mass is 320 g/mol. The van der Waals surface area contributed by atoms with Crippen LogP contribution in [0.2, 0.25) is 0 Å². The van der Waals surface area contributed by atoms with E-state index in [1.165, 1.54) is 24.3 Å². The van der Waals surface area contributed by atoms with Crippen molar-refractivity contribution >= 4 is 16.2 Å². The zero-order valence-electron chi connectivity index (χ0n) is 11.7. The van der Waals surface area contributed by atoms with Crippen LogP contribution in [-0.2, 0) is 16.7 Å². The van der Waals surface area contributed by atoms with E-state index in [0.717, 1.165) is 11.1 Å². The van der Waals surface area contributed by atoms with Gasteiger partial charge in [0.15, 0.2) is 0 Å². The highest BCUT2D eigenvalue weighted by Gasteiger charge is 2.21. The number of ether oxygens (including phenoxy) is 1. The molecule has 2 N–H and O–H groups in total. The van der Waals surface area contributed by atoms with Crippen molar-refractivity contribution in [3.05, 3.63) is 71.8 Å². The minimum atomic E-state index is -4.52. The lowest BCUT2D eigenvalue weighted by molar-refractivity contribution is 0.238. The van der Waals surface area contributed by atoms with Crippen LogP contribution >= 0.6 is 0 Å². The molecule has 0 aliphatic rings. The Kier molecular flexibility index (Phi) is 4.97. The molecule has 2 rings (SSSR count). The van der Waals surface area contributed by atoms with Crippen LogP contribution in [0.3, 0.4) is 0 Å². The fraction of sp³-hybridized carbons (Fsp3) is 0.125. The molecule has 0 aromatic heterocycles. The van der Waals surface area contributed by atoms with Gasteiger partial charge in [-0.2, -0.15) is 8.42 Å². The predicted molar refractivity (Wildman–Crippen MR) is 83.8 cm³/mol. The molecule has 5 nitrogen and oxygen atoms in total. The second kappa shape index (κ2) is 6.74. The van der Waals surface area contributed by atoms with Gasteiger partial charge in [0.2, 0.25) is 5.44 Å². The highest BCUT2D eigenvalue weighted by atomic mass is 32.2. The fourth-order valence-corrected chi connectivity index (χ4v) is 2.32. The van der Waals surface area contributed by atoms with Gasteiger partial charge < -0.3 is 9.84 Å². The lowest BCUT2D eigenvalue weighted by Gasteiger charge is -2.10. The van der Waals surface area contributed by atoms with Crippen molar-refractivity contribution in [3.63, 3.8) is 0 Å². The number of rotatable bonds is 6. The van der Waals surface area contributed by atoms with Crippen LogP contribution in [0.15, 0.2) is 55.1 Å². The molecule has 0 heterocycles. The van der Waals surface area contributed by atoms with Crippen molar-refractivity contribution in [1.82, 2.24) is 0 Å². The molecule has 2 aromatic carbocycles. The Balaban J connectivity index is 2.00. The summed E-state index contributed by atoms with van der Waals surface area (Å²) in [5.74, 6) is 0.527. The second-order valence-electron chi connectivity index (χ2n) is 4.67. The first kappa shape index (κ1) is 16.2. The minimum absolute atomic E-state index is 0.0742. The summed E-state index contributed by atoms with van der Waals surface area (Å²) in [6.45, 7) is 4.04. The quantitative estimate of drug-likeness (QED) is 0.800. The largest absolute Gasteiger partial charge is 0.489 e. The first-order valence-corrected chi connectivity index (χ1v) is 7.99. The number of aliphatic hydroxyl groups excluding tert-OH is 1. The Morgan fingerprint density at radius 3 is 2.18 bits per heavy atom. The molecule has 0 fully saturated rings. The molecule has 2 aromatic rings. The average Bonchev–Trinajstić information content (AvgIpc) is 2.52. The van der Waals surface area contributed by atoms with Crippen LogP contribution in [0.5, 0.6) is 5.75 Å². The van der Waals surface area contributed by atoms with Gasteiger partial charge in [-0.25, -0.2) is 0 Å². The molecular weight excluding hydrogens is 304 g/mol. The van der Waals surface area contributed by atoms with Gasteiger partial charge in [0, 0.05) is 0 Å². The third-order valence-corrected chi connectivity index (χ3v) is 3.90. The summed E-state index contributed by atoms with van der Waals surface area (Å²) in [6, 6.07) is 13.5. The number of aliphatic hydroxyl groups is 1. The van der Waals surface area contributed by atoms with Crippen molar-refractivity contribution < 1.29 is 22.8 Å². The maximum Gasteiger partial charge on any atom is 0.296 e. The van der Waals surface area contributed by atoms with Gasteiger partial charge in [-0.3, -0.25) is 4.55 Å². The van der Waals surface area contributed by atoms with Crippen molar-refractivity contribution in [3.8, 4) is 5.75 Å². The van der Waals surface area contributed by atoms with Crippen LogP contribution in [0, 0.1) is 0 Å². The van der Waals surface area contributed by atoms with Gasteiger partial charge in [0.05, 0.1) is 0 Å². The Morgan fingerprint density at radius 1 is 1.09 bits per heavy atom. The van der Waals surface area contributed by atoms with E-state index in [1.807, 2.05) is 24.3 Å². The van der Waals surface area contributed by atoms with Crippen molar-refractivity contribution in [2.75, 3.05) is 0 Å². The Morgan fingerprint density at radius 2 is 1.68 bits per heavy atom. The SMILES string of the molecule is C=Cc1ccc(COc2ccc(C(O)S(=O)(=O)O)cc2)cc1.